The second-order valence-electron chi connectivity index (χ2n) is 5.81. The Morgan fingerprint density at radius 1 is 1.33 bits per heavy atom. The maximum absolute atomic E-state index is 12.7. The predicted molar refractivity (Wildman–Crippen MR) is 83.4 cm³/mol. The molecule has 21 heavy (non-hydrogen) atoms. The van der Waals surface area contributed by atoms with Gasteiger partial charge in [0.1, 0.15) is 5.69 Å². The van der Waals surface area contributed by atoms with Crippen molar-refractivity contribution in [3.63, 3.8) is 0 Å². The van der Waals surface area contributed by atoms with E-state index < -0.39 is 0 Å². The first-order valence-electron chi connectivity index (χ1n) is 7.36. The number of ketones is 1. The summed E-state index contributed by atoms with van der Waals surface area (Å²) in [4.78, 5) is 29.9. The number of aromatic amines is 1. The van der Waals surface area contributed by atoms with Gasteiger partial charge in [-0.3, -0.25) is 9.59 Å². The maximum Gasteiger partial charge on any atom is 0.270 e. The molecule has 0 aromatic carbocycles. The number of halogens is 1. The van der Waals surface area contributed by atoms with Gasteiger partial charge in [-0.05, 0) is 32.3 Å². The lowest BCUT2D eigenvalue weighted by atomic mass is 9.93. The Morgan fingerprint density at radius 3 is 2.76 bits per heavy atom. The molecule has 2 heterocycles. The quantitative estimate of drug-likeness (QED) is 0.829. The number of H-pyrrole nitrogens is 1. The topological polar surface area (TPSA) is 65.2 Å². The molecule has 1 saturated heterocycles. The molecule has 1 fully saturated rings. The van der Waals surface area contributed by atoms with E-state index in [-0.39, 0.29) is 30.1 Å². The van der Waals surface area contributed by atoms with E-state index in [4.69, 9.17) is 0 Å². The average Bonchev–Trinajstić information content (AvgIpc) is 2.77. The Morgan fingerprint density at radius 2 is 2.10 bits per heavy atom. The first-order valence-corrected chi connectivity index (χ1v) is 7.36. The highest BCUT2D eigenvalue weighted by Crippen LogP contribution is 2.27. The van der Waals surface area contributed by atoms with Crippen LogP contribution in [-0.4, -0.2) is 47.3 Å². The zero-order valence-electron chi connectivity index (χ0n) is 12.5. The molecule has 3 rings (SSSR count). The number of carbonyl (C=O) groups is 2. The minimum Gasteiger partial charge on any atom is -0.354 e. The standard InChI is InChI=1S/C15H21N3O2.ClH/c1-9-8-16-6-7-18(9)15(20)14-10(2)13-11(17-14)4-3-5-12(13)19;/h9,16-17H,3-8H2,1-2H3;1H/t9-;/m0./s1. The Labute approximate surface area is 130 Å². The molecule has 1 aromatic rings. The molecular weight excluding hydrogens is 290 g/mol. The van der Waals surface area contributed by atoms with Crippen molar-refractivity contribution in [2.45, 2.75) is 39.2 Å². The van der Waals surface area contributed by atoms with E-state index in [0.29, 0.717) is 12.1 Å². The highest BCUT2D eigenvalue weighted by molar-refractivity contribution is 6.04. The summed E-state index contributed by atoms with van der Waals surface area (Å²) in [6, 6.07) is 0.187. The van der Waals surface area contributed by atoms with Crippen LogP contribution in [0.3, 0.4) is 0 Å². The van der Waals surface area contributed by atoms with Crippen molar-refractivity contribution in [1.29, 1.82) is 0 Å². The number of amides is 1. The van der Waals surface area contributed by atoms with Crippen LogP contribution in [-0.2, 0) is 6.42 Å². The molecule has 0 radical (unpaired) electrons. The van der Waals surface area contributed by atoms with Crippen molar-refractivity contribution < 1.29 is 9.59 Å². The number of nitrogens with zero attached hydrogens (tertiary/aromatic N) is 1. The molecule has 1 amide bonds. The van der Waals surface area contributed by atoms with Gasteiger partial charge in [0, 0.05) is 43.4 Å². The normalized spacial score (nSPS) is 21.7. The van der Waals surface area contributed by atoms with E-state index in [1.807, 2.05) is 18.7 Å². The van der Waals surface area contributed by atoms with E-state index in [0.717, 1.165) is 49.3 Å². The minimum absolute atomic E-state index is 0. The number of piperazine rings is 1. The molecule has 0 unspecified atom stereocenters. The number of nitrogens with one attached hydrogen (secondary N) is 2. The summed E-state index contributed by atoms with van der Waals surface area (Å²) >= 11 is 0. The fourth-order valence-electron chi connectivity index (χ4n) is 3.27. The lowest BCUT2D eigenvalue weighted by Crippen LogP contribution is -2.52. The number of aromatic nitrogens is 1. The average molecular weight is 312 g/mol. The minimum atomic E-state index is 0. The largest absolute Gasteiger partial charge is 0.354 e. The van der Waals surface area contributed by atoms with Crippen LogP contribution < -0.4 is 5.32 Å². The summed E-state index contributed by atoms with van der Waals surface area (Å²) in [6.45, 7) is 6.31. The molecule has 0 bridgehead atoms. The second kappa shape index (κ2) is 6.20. The van der Waals surface area contributed by atoms with Crippen molar-refractivity contribution in [2.75, 3.05) is 19.6 Å². The Kier molecular flexibility index (Phi) is 4.74. The van der Waals surface area contributed by atoms with E-state index in [1.54, 1.807) is 0 Å². The van der Waals surface area contributed by atoms with Crippen molar-refractivity contribution in [2.24, 2.45) is 0 Å². The van der Waals surface area contributed by atoms with Gasteiger partial charge in [-0.25, -0.2) is 0 Å². The van der Waals surface area contributed by atoms with Crippen LogP contribution in [0.4, 0.5) is 0 Å². The fourth-order valence-corrected chi connectivity index (χ4v) is 3.27. The van der Waals surface area contributed by atoms with E-state index >= 15 is 0 Å². The Balaban J connectivity index is 0.00000161. The van der Waals surface area contributed by atoms with Crippen LogP contribution in [0.25, 0.3) is 0 Å². The summed E-state index contributed by atoms with van der Waals surface area (Å²) in [6.07, 6.45) is 2.35. The van der Waals surface area contributed by atoms with Gasteiger partial charge in [-0.1, -0.05) is 0 Å². The summed E-state index contributed by atoms with van der Waals surface area (Å²) in [7, 11) is 0. The van der Waals surface area contributed by atoms with Gasteiger partial charge in [0.05, 0.1) is 0 Å². The smallest absolute Gasteiger partial charge is 0.270 e. The zero-order chi connectivity index (χ0) is 14.3. The molecule has 1 atom stereocenters. The van der Waals surface area contributed by atoms with Crippen LogP contribution in [0.1, 0.15) is 51.9 Å². The van der Waals surface area contributed by atoms with E-state index in [2.05, 4.69) is 10.3 Å². The number of rotatable bonds is 1. The lowest BCUT2D eigenvalue weighted by Gasteiger charge is -2.33. The molecule has 1 aliphatic heterocycles. The molecule has 0 spiro atoms. The lowest BCUT2D eigenvalue weighted by molar-refractivity contribution is 0.0649. The number of fused-ring (bicyclic) bond motifs is 1. The summed E-state index contributed by atoms with van der Waals surface area (Å²) in [5, 5.41) is 3.28. The highest BCUT2D eigenvalue weighted by atomic mass is 35.5. The van der Waals surface area contributed by atoms with Gasteiger partial charge in [-0.2, -0.15) is 0 Å². The number of aryl methyl sites for hydroxylation is 1. The summed E-state index contributed by atoms with van der Waals surface area (Å²) < 4.78 is 0. The Hall–Kier alpha value is -1.33. The van der Waals surface area contributed by atoms with E-state index in [1.165, 1.54) is 0 Å². The van der Waals surface area contributed by atoms with Gasteiger partial charge < -0.3 is 15.2 Å². The third-order valence-electron chi connectivity index (χ3n) is 4.41. The predicted octanol–water partition coefficient (Wildman–Crippen LogP) is 1.70. The van der Waals surface area contributed by atoms with Crippen LogP contribution in [0, 0.1) is 6.92 Å². The SMILES string of the molecule is Cc1c(C(=O)N2CCNC[C@@H]2C)[nH]c2c1C(=O)CCC2.Cl. The number of carbonyl (C=O) groups excluding carboxylic acids is 2. The molecule has 1 aliphatic carbocycles. The van der Waals surface area contributed by atoms with Gasteiger partial charge in [0.25, 0.3) is 5.91 Å². The molecule has 1 aromatic heterocycles. The van der Waals surface area contributed by atoms with Crippen LogP contribution in [0.2, 0.25) is 0 Å². The molecule has 5 nitrogen and oxygen atoms in total. The molecule has 2 aliphatic rings. The van der Waals surface area contributed by atoms with Crippen LogP contribution in [0.15, 0.2) is 0 Å². The van der Waals surface area contributed by atoms with Crippen LogP contribution >= 0.6 is 12.4 Å². The van der Waals surface area contributed by atoms with Crippen molar-refractivity contribution in [3.05, 3.63) is 22.5 Å². The van der Waals surface area contributed by atoms with Gasteiger partial charge in [-0.15, -0.1) is 12.4 Å². The fraction of sp³-hybridized carbons (Fsp3) is 0.600. The third-order valence-corrected chi connectivity index (χ3v) is 4.41. The highest BCUT2D eigenvalue weighted by Gasteiger charge is 2.30. The van der Waals surface area contributed by atoms with Crippen molar-refractivity contribution in [3.8, 4) is 0 Å². The van der Waals surface area contributed by atoms with Crippen molar-refractivity contribution >= 4 is 24.1 Å². The van der Waals surface area contributed by atoms with E-state index in [9.17, 15) is 9.59 Å². The number of Topliss-reactive ketones (excluding diaryl/α,β-unsaturated/α-hetero) is 1. The van der Waals surface area contributed by atoms with Gasteiger partial charge in [0.2, 0.25) is 0 Å². The number of hydrogen-bond acceptors (Lipinski definition) is 3. The van der Waals surface area contributed by atoms with Gasteiger partial charge >= 0.3 is 0 Å². The summed E-state index contributed by atoms with van der Waals surface area (Å²) in [5.74, 6) is 0.200. The zero-order valence-corrected chi connectivity index (χ0v) is 13.3. The Bertz CT molecular complexity index is 568. The van der Waals surface area contributed by atoms with Gasteiger partial charge in [0.15, 0.2) is 5.78 Å². The molecule has 6 heteroatoms. The second-order valence-corrected chi connectivity index (χ2v) is 5.81. The third kappa shape index (κ3) is 2.72. The molecule has 116 valence electrons. The maximum atomic E-state index is 12.7. The molecule has 2 N–H and O–H groups in total. The van der Waals surface area contributed by atoms with Crippen LogP contribution in [0.5, 0.6) is 0 Å². The molecule has 0 saturated carbocycles. The molecular formula is C15H22ClN3O2. The number of hydrogen-bond donors (Lipinski definition) is 2. The first-order chi connectivity index (χ1) is 9.59. The van der Waals surface area contributed by atoms with Crippen molar-refractivity contribution in [1.82, 2.24) is 15.2 Å². The summed E-state index contributed by atoms with van der Waals surface area (Å²) in [5.41, 5.74) is 3.16. The monoisotopic (exact) mass is 311 g/mol. The first kappa shape index (κ1) is 16.0.